The van der Waals surface area contributed by atoms with Crippen molar-refractivity contribution < 1.29 is 4.79 Å². The van der Waals surface area contributed by atoms with Crippen LogP contribution in [0.3, 0.4) is 0 Å². The average molecular weight is 204 g/mol. The fraction of sp³-hybridized carbons (Fsp3) is 0.100. The molecule has 5 heteroatoms. The van der Waals surface area contributed by atoms with E-state index in [1.165, 1.54) is 0 Å². The van der Waals surface area contributed by atoms with E-state index in [2.05, 4.69) is 4.99 Å². The largest absolute Gasteiger partial charge is 0.370 e. The van der Waals surface area contributed by atoms with Gasteiger partial charge in [-0.25, -0.2) is 0 Å². The van der Waals surface area contributed by atoms with E-state index in [0.717, 1.165) is 5.56 Å². The molecule has 1 amide bonds. The van der Waals surface area contributed by atoms with E-state index in [9.17, 15) is 4.79 Å². The van der Waals surface area contributed by atoms with E-state index < -0.39 is 5.91 Å². The van der Waals surface area contributed by atoms with E-state index >= 15 is 0 Å². The molecule has 1 aromatic carbocycles. The van der Waals surface area contributed by atoms with Crippen molar-refractivity contribution in [2.45, 2.75) is 6.92 Å². The zero-order valence-electron chi connectivity index (χ0n) is 8.32. The number of rotatable bonds is 2. The predicted molar refractivity (Wildman–Crippen MR) is 58.8 cm³/mol. The fourth-order valence-electron chi connectivity index (χ4n) is 1.02. The second-order valence-corrected chi connectivity index (χ2v) is 3.08. The third-order valence-electron chi connectivity index (χ3n) is 1.78. The lowest BCUT2D eigenvalue weighted by molar-refractivity contribution is -0.111. The van der Waals surface area contributed by atoms with Gasteiger partial charge in [0.05, 0.1) is 0 Å². The van der Waals surface area contributed by atoms with Gasteiger partial charge in [0.1, 0.15) is 5.71 Å². The maximum Gasteiger partial charge on any atom is 0.298 e. The monoisotopic (exact) mass is 204 g/mol. The summed E-state index contributed by atoms with van der Waals surface area (Å²) in [6.07, 6.45) is 0. The highest BCUT2D eigenvalue weighted by Crippen LogP contribution is 2.04. The molecule has 0 spiro atoms. The number of nitrogens with zero attached hydrogens (tertiary/aromatic N) is 1. The van der Waals surface area contributed by atoms with Crippen molar-refractivity contribution in [2.75, 3.05) is 0 Å². The van der Waals surface area contributed by atoms with Crippen LogP contribution in [0.25, 0.3) is 0 Å². The van der Waals surface area contributed by atoms with Gasteiger partial charge in [-0.1, -0.05) is 29.8 Å². The summed E-state index contributed by atoms with van der Waals surface area (Å²) >= 11 is 0. The van der Waals surface area contributed by atoms with Gasteiger partial charge in [0.15, 0.2) is 5.96 Å². The number of aryl methyl sites for hydroxylation is 1. The van der Waals surface area contributed by atoms with Crippen LogP contribution in [0.4, 0.5) is 0 Å². The highest BCUT2D eigenvalue weighted by atomic mass is 16.1. The van der Waals surface area contributed by atoms with Crippen LogP contribution in [0.5, 0.6) is 0 Å². The first kappa shape index (κ1) is 10.9. The first-order valence-corrected chi connectivity index (χ1v) is 4.30. The molecule has 0 atom stereocenters. The van der Waals surface area contributed by atoms with Gasteiger partial charge in [-0.05, 0) is 6.92 Å². The quantitative estimate of drug-likeness (QED) is 0.472. The molecule has 1 aromatic rings. The standard InChI is InChI=1S/C10H12N4O/c1-6-2-4-7(5-3-6)8(11)9(15)14-10(12)13/h2-5,11H,1H3,(H4,12,13,14,15). The van der Waals surface area contributed by atoms with Gasteiger partial charge < -0.3 is 11.5 Å². The third kappa shape index (κ3) is 2.91. The van der Waals surface area contributed by atoms with Crippen LogP contribution in [0.1, 0.15) is 11.1 Å². The van der Waals surface area contributed by atoms with Gasteiger partial charge in [0.25, 0.3) is 5.91 Å². The topological polar surface area (TPSA) is 105 Å². The summed E-state index contributed by atoms with van der Waals surface area (Å²) in [7, 11) is 0. The molecule has 0 aliphatic carbocycles. The summed E-state index contributed by atoms with van der Waals surface area (Å²) in [5.74, 6) is -1.07. The molecule has 78 valence electrons. The van der Waals surface area contributed by atoms with Crippen LogP contribution in [-0.2, 0) is 4.79 Å². The Morgan fingerprint density at radius 2 is 1.80 bits per heavy atom. The Bertz CT molecular complexity index is 416. The molecule has 5 nitrogen and oxygen atoms in total. The van der Waals surface area contributed by atoms with Gasteiger partial charge in [-0.3, -0.25) is 10.2 Å². The Morgan fingerprint density at radius 1 is 1.27 bits per heavy atom. The Balaban J connectivity index is 2.91. The van der Waals surface area contributed by atoms with Gasteiger partial charge in [-0.2, -0.15) is 4.99 Å². The minimum absolute atomic E-state index is 0.219. The molecule has 0 saturated carbocycles. The van der Waals surface area contributed by atoms with Gasteiger partial charge in [0.2, 0.25) is 0 Å². The van der Waals surface area contributed by atoms with Crippen molar-refractivity contribution in [3.63, 3.8) is 0 Å². The normalized spacial score (nSPS) is 9.40. The summed E-state index contributed by atoms with van der Waals surface area (Å²) in [6, 6.07) is 6.98. The van der Waals surface area contributed by atoms with Crippen LogP contribution in [0, 0.1) is 12.3 Å². The second-order valence-electron chi connectivity index (χ2n) is 3.08. The third-order valence-corrected chi connectivity index (χ3v) is 1.78. The first-order valence-electron chi connectivity index (χ1n) is 4.30. The van der Waals surface area contributed by atoms with Crippen molar-refractivity contribution in [1.82, 2.24) is 0 Å². The highest BCUT2D eigenvalue weighted by Gasteiger charge is 2.10. The number of nitrogens with one attached hydrogen (secondary N) is 1. The summed E-state index contributed by atoms with van der Waals surface area (Å²) in [4.78, 5) is 14.6. The van der Waals surface area contributed by atoms with E-state index in [1.807, 2.05) is 19.1 Å². The maximum atomic E-state index is 11.3. The van der Waals surface area contributed by atoms with E-state index in [4.69, 9.17) is 16.9 Å². The first-order chi connectivity index (χ1) is 7.00. The zero-order valence-corrected chi connectivity index (χ0v) is 8.32. The molecule has 0 bridgehead atoms. The Morgan fingerprint density at radius 3 is 2.27 bits per heavy atom. The molecule has 0 fully saturated rings. The highest BCUT2D eigenvalue weighted by molar-refractivity contribution is 6.45. The summed E-state index contributed by atoms with van der Waals surface area (Å²) in [5.41, 5.74) is 11.4. The SMILES string of the molecule is Cc1ccc(C(=N)C(=O)N=C(N)N)cc1. The molecule has 0 saturated heterocycles. The zero-order chi connectivity index (χ0) is 11.4. The minimum atomic E-state index is -0.737. The van der Waals surface area contributed by atoms with Gasteiger partial charge >= 0.3 is 0 Å². The number of benzene rings is 1. The molecule has 0 heterocycles. The van der Waals surface area contributed by atoms with Crippen LogP contribution < -0.4 is 11.5 Å². The Hall–Kier alpha value is -2.17. The van der Waals surface area contributed by atoms with Crippen LogP contribution in [0.15, 0.2) is 29.3 Å². The summed E-state index contributed by atoms with van der Waals surface area (Å²) in [6.45, 7) is 1.92. The van der Waals surface area contributed by atoms with Crippen molar-refractivity contribution in [2.24, 2.45) is 16.5 Å². The number of hydrogen-bond donors (Lipinski definition) is 3. The Kier molecular flexibility index (Phi) is 3.17. The molecular weight excluding hydrogens is 192 g/mol. The van der Waals surface area contributed by atoms with Crippen LogP contribution in [0.2, 0.25) is 0 Å². The Labute approximate surface area is 87.3 Å². The molecule has 5 N–H and O–H groups in total. The van der Waals surface area contributed by atoms with E-state index in [1.54, 1.807) is 12.1 Å². The van der Waals surface area contributed by atoms with Crippen molar-refractivity contribution in [3.8, 4) is 0 Å². The minimum Gasteiger partial charge on any atom is -0.370 e. The second kappa shape index (κ2) is 4.36. The number of hydrogen-bond acceptors (Lipinski definition) is 2. The smallest absolute Gasteiger partial charge is 0.298 e. The van der Waals surface area contributed by atoms with E-state index in [-0.39, 0.29) is 11.7 Å². The number of guanidine groups is 1. The van der Waals surface area contributed by atoms with Crippen molar-refractivity contribution in [3.05, 3.63) is 35.4 Å². The number of nitrogens with two attached hydrogens (primary N) is 2. The number of carbonyl (C=O) groups excluding carboxylic acids is 1. The maximum absolute atomic E-state index is 11.3. The van der Waals surface area contributed by atoms with Crippen LogP contribution >= 0.6 is 0 Å². The van der Waals surface area contributed by atoms with Crippen molar-refractivity contribution >= 4 is 17.6 Å². The molecule has 0 aromatic heterocycles. The summed E-state index contributed by atoms with van der Waals surface area (Å²) < 4.78 is 0. The average Bonchev–Trinajstić information content (AvgIpc) is 2.17. The lowest BCUT2D eigenvalue weighted by Crippen LogP contribution is -2.26. The molecule has 0 aliphatic heterocycles. The number of aliphatic imine (C=N–C) groups is 1. The molecule has 0 unspecified atom stereocenters. The molecule has 0 radical (unpaired) electrons. The van der Waals surface area contributed by atoms with Crippen molar-refractivity contribution in [1.29, 1.82) is 5.41 Å². The molecule has 15 heavy (non-hydrogen) atoms. The summed E-state index contributed by atoms with van der Waals surface area (Å²) in [5, 5.41) is 7.53. The van der Waals surface area contributed by atoms with Crippen LogP contribution in [-0.4, -0.2) is 17.6 Å². The number of amides is 1. The lowest BCUT2D eigenvalue weighted by Gasteiger charge is -2.00. The molecule has 0 aliphatic rings. The molecule has 1 rings (SSSR count). The fourth-order valence-corrected chi connectivity index (χ4v) is 1.02. The van der Waals surface area contributed by atoms with Gasteiger partial charge in [-0.15, -0.1) is 0 Å². The predicted octanol–water partition coefficient (Wildman–Crippen LogP) is 0.163. The number of carbonyl (C=O) groups is 1. The molecular formula is C10H12N4O. The lowest BCUT2D eigenvalue weighted by atomic mass is 10.1. The van der Waals surface area contributed by atoms with E-state index in [0.29, 0.717) is 5.56 Å². The van der Waals surface area contributed by atoms with Gasteiger partial charge in [0, 0.05) is 5.56 Å².